The molecule has 6 heteroatoms. The van der Waals surface area contributed by atoms with Gasteiger partial charge in [-0.1, -0.05) is 11.2 Å². The van der Waals surface area contributed by atoms with E-state index in [-0.39, 0.29) is 17.0 Å². The number of carboxylic acids is 1. The molecule has 6 nitrogen and oxygen atoms in total. The summed E-state index contributed by atoms with van der Waals surface area (Å²) in [6, 6.07) is 7.30. The van der Waals surface area contributed by atoms with Gasteiger partial charge in [-0.3, -0.25) is 10.1 Å². The molecule has 1 amide bonds. The van der Waals surface area contributed by atoms with Gasteiger partial charge >= 0.3 is 5.97 Å². The second-order valence-corrected chi connectivity index (χ2v) is 3.67. The van der Waals surface area contributed by atoms with E-state index in [9.17, 15) is 9.59 Å². The van der Waals surface area contributed by atoms with E-state index in [0.717, 1.165) is 0 Å². The van der Waals surface area contributed by atoms with Crippen molar-refractivity contribution in [2.45, 2.75) is 6.92 Å². The van der Waals surface area contributed by atoms with Gasteiger partial charge in [-0.25, -0.2) is 4.79 Å². The third-order valence-corrected chi connectivity index (χ3v) is 2.24. The Morgan fingerprint density at radius 1 is 1.28 bits per heavy atom. The molecule has 2 rings (SSSR count). The van der Waals surface area contributed by atoms with Crippen molar-refractivity contribution in [1.29, 1.82) is 0 Å². The van der Waals surface area contributed by atoms with Crippen LogP contribution in [0.2, 0.25) is 0 Å². The third kappa shape index (κ3) is 2.54. The van der Waals surface area contributed by atoms with E-state index >= 15 is 0 Å². The fourth-order valence-electron chi connectivity index (χ4n) is 1.40. The predicted molar refractivity (Wildman–Crippen MR) is 62.6 cm³/mol. The van der Waals surface area contributed by atoms with E-state index in [2.05, 4.69) is 10.5 Å². The van der Waals surface area contributed by atoms with Crippen LogP contribution in [0.15, 0.2) is 34.9 Å². The molecule has 1 aromatic heterocycles. The van der Waals surface area contributed by atoms with Crippen molar-refractivity contribution in [2.24, 2.45) is 0 Å². The Bertz CT molecular complexity index is 604. The molecule has 0 atom stereocenters. The fourth-order valence-corrected chi connectivity index (χ4v) is 1.40. The Kier molecular flexibility index (Phi) is 3.09. The molecule has 0 spiro atoms. The summed E-state index contributed by atoms with van der Waals surface area (Å²) < 4.78 is 4.84. The summed E-state index contributed by atoms with van der Waals surface area (Å²) >= 11 is 0. The standard InChI is InChI=1S/C12H10N2O4/c1-7-5-10(18-14-7)13-11(15)8-3-2-4-9(6-8)12(16)17/h2-6H,1H3,(H,13,15)(H,16,17). The molecule has 0 radical (unpaired) electrons. The van der Waals surface area contributed by atoms with Crippen molar-refractivity contribution in [2.75, 3.05) is 5.32 Å². The monoisotopic (exact) mass is 246 g/mol. The highest BCUT2D eigenvalue weighted by Gasteiger charge is 2.11. The molecule has 0 bridgehead atoms. The van der Waals surface area contributed by atoms with Crippen molar-refractivity contribution in [3.63, 3.8) is 0 Å². The largest absolute Gasteiger partial charge is 0.478 e. The zero-order valence-corrected chi connectivity index (χ0v) is 9.51. The van der Waals surface area contributed by atoms with Crippen LogP contribution in [0.1, 0.15) is 26.4 Å². The Labute approximate surface area is 102 Å². The molecule has 0 aliphatic heterocycles. The lowest BCUT2D eigenvalue weighted by Crippen LogP contribution is -2.12. The molecule has 0 unspecified atom stereocenters. The Morgan fingerprint density at radius 3 is 2.61 bits per heavy atom. The zero-order valence-electron chi connectivity index (χ0n) is 9.51. The number of carbonyl (C=O) groups excluding carboxylic acids is 1. The van der Waals surface area contributed by atoms with Crippen molar-refractivity contribution in [1.82, 2.24) is 5.16 Å². The first kappa shape index (κ1) is 11.8. The molecule has 0 aliphatic carbocycles. The second kappa shape index (κ2) is 4.70. The van der Waals surface area contributed by atoms with Gasteiger partial charge in [0.25, 0.3) is 5.91 Å². The van der Waals surface area contributed by atoms with Crippen LogP contribution < -0.4 is 5.32 Å². The van der Waals surface area contributed by atoms with Crippen LogP contribution in [-0.2, 0) is 0 Å². The average Bonchev–Trinajstić information content (AvgIpc) is 2.75. The van der Waals surface area contributed by atoms with Gasteiger partial charge in [-0.2, -0.15) is 0 Å². The van der Waals surface area contributed by atoms with Crippen LogP contribution in [0.3, 0.4) is 0 Å². The minimum atomic E-state index is -1.08. The molecule has 1 aromatic carbocycles. The van der Waals surface area contributed by atoms with Crippen LogP contribution in [0.5, 0.6) is 0 Å². The van der Waals surface area contributed by atoms with Gasteiger partial charge in [0.2, 0.25) is 5.88 Å². The molecule has 0 fully saturated rings. The third-order valence-electron chi connectivity index (χ3n) is 2.24. The predicted octanol–water partition coefficient (Wildman–Crippen LogP) is 1.93. The topological polar surface area (TPSA) is 92.4 Å². The summed E-state index contributed by atoms with van der Waals surface area (Å²) in [6.07, 6.45) is 0. The molecule has 2 N–H and O–H groups in total. The number of nitrogens with one attached hydrogen (secondary N) is 1. The number of nitrogens with zero attached hydrogens (tertiary/aromatic N) is 1. The number of carbonyl (C=O) groups is 2. The molecular weight excluding hydrogens is 236 g/mol. The van der Waals surface area contributed by atoms with Crippen LogP contribution in [0, 0.1) is 6.92 Å². The van der Waals surface area contributed by atoms with E-state index < -0.39 is 11.9 Å². The van der Waals surface area contributed by atoms with Crippen molar-refractivity contribution < 1.29 is 19.2 Å². The SMILES string of the molecule is Cc1cc(NC(=O)c2cccc(C(=O)O)c2)on1. The first-order chi connectivity index (χ1) is 8.56. The molecular formula is C12H10N2O4. The summed E-state index contributed by atoms with van der Waals surface area (Å²) in [5.74, 6) is -1.31. The molecule has 0 saturated carbocycles. The molecule has 1 heterocycles. The van der Waals surface area contributed by atoms with Gasteiger partial charge < -0.3 is 9.63 Å². The lowest BCUT2D eigenvalue weighted by molar-refractivity contribution is 0.0697. The quantitative estimate of drug-likeness (QED) is 0.863. The van der Waals surface area contributed by atoms with E-state index in [1.165, 1.54) is 24.3 Å². The number of rotatable bonds is 3. The number of aromatic nitrogens is 1. The van der Waals surface area contributed by atoms with Crippen molar-refractivity contribution in [3.8, 4) is 0 Å². The van der Waals surface area contributed by atoms with Gasteiger partial charge in [0.15, 0.2) is 0 Å². The number of aryl methyl sites for hydroxylation is 1. The summed E-state index contributed by atoms with van der Waals surface area (Å²) in [6.45, 7) is 1.73. The highest BCUT2D eigenvalue weighted by atomic mass is 16.5. The Hall–Kier alpha value is -2.63. The molecule has 0 aliphatic rings. The van der Waals surface area contributed by atoms with Crippen molar-refractivity contribution in [3.05, 3.63) is 47.2 Å². The maximum Gasteiger partial charge on any atom is 0.335 e. The number of amides is 1. The maximum atomic E-state index is 11.8. The zero-order chi connectivity index (χ0) is 13.1. The van der Waals surface area contributed by atoms with Gasteiger partial charge in [0.05, 0.1) is 11.3 Å². The minimum absolute atomic E-state index is 0.0522. The minimum Gasteiger partial charge on any atom is -0.478 e. The van der Waals surface area contributed by atoms with Gasteiger partial charge in [0, 0.05) is 11.6 Å². The lowest BCUT2D eigenvalue weighted by Gasteiger charge is -2.02. The van der Waals surface area contributed by atoms with Gasteiger partial charge in [-0.05, 0) is 25.1 Å². The number of carboxylic acid groups (broad SMARTS) is 1. The highest BCUT2D eigenvalue weighted by Crippen LogP contribution is 2.12. The van der Waals surface area contributed by atoms with Gasteiger partial charge in [-0.15, -0.1) is 0 Å². The first-order valence-corrected chi connectivity index (χ1v) is 5.14. The smallest absolute Gasteiger partial charge is 0.335 e. The summed E-state index contributed by atoms with van der Waals surface area (Å²) in [5.41, 5.74) is 0.935. The first-order valence-electron chi connectivity index (χ1n) is 5.14. The van der Waals surface area contributed by atoms with E-state index in [4.69, 9.17) is 9.63 Å². The van der Waals surface area contributed by atoms with Gasteiger partial charge in [0.1, 0.15) is 0 Å². The van der Waals surface area contributed by atoms with Crippen LogP contribution >= 0.6 is 0 Å². The summed E-state index contributed by atoms with van der Waals surface area (Å²) in [7, 11) is 0. The number of benzene rings is 1. The second-order valence-electron chi connectivity index (χ2n) is 3.67. The lowest BCUT2D eigenvalue weighted by atomic mass is 10.1. The normalized spacial score (nSPS) is 10.1. The van der Waals surface area contributed by atoms with Crippen LogP contribution in [0.4, 0.5) is 5.88 Å². The summed E-state index contributed by atoms with van der Waals surface area (Å²) in [5, 5.41) is 14.9. The number of hydrogen-bond acceptors (Lipinski definition) is 4. The van der Waals surface area contributed by atoms with E-state index in [1.807, 2.05) is 0 Å². The highest BCUT2D eigenvalue weighted by molar-refractivity contribution is 6.04. The Morgan fingerprint density at radius 2 is 2.00 bits per heavy atom. The average molecular weight is 246 g/mol. The number of aromatic carboxylic acids is 1. The maximum absolute atomic E-state index is 11.8. The Balaban J connectivity index is 2.18. The molecule has 18 heavy (non-hydrogen) atoms. The van der Waals surface area contributed by atoms with Crippen LogP contribution in [0.25, 0.3) is 0 Å². The molecule has 0 saturated heterocycles. The van der Waals surface area contributed by atoms with E-state index in [1.54, 1.807) is 13.0 Å². The number of hydrogen-bond donors (Lipinski definition) is 2. The molecule has 92 valence electrons. The summed E-state index contributed by atoms with van der Waals surface area (Å²) in [4.78, 5) is 22.6. The van der Waals surface area contributed by atoms with E-state index in [0.29, 0.717) is 5.69 Å². The fraction of sp³-hybridized carbons (Fsp3) is 0.0833. The number of anilines is 1. The van der Waals surface area contributed by atoms with Crippen LogP contribution in [-0.4, -0.2) is 22.1 Å². The van der Waals surface area contributed by atoms with Crippen molar-refractivity contribution >= 4 is 17.8 Å². The molecule has 2 aromatic rings.